The molecule has 0 aliphatic carbocycles. The summed E-state index contributed by atoms with van der Waals surface area (Å²) in [6.07, 6.45) is 0.755. The summed E-state index contributed by atoms with van der Waals surface area (Å²) in [5.41, 5.74) is 0.762. The fourth-order valence-electron chi connectivity index (χ4n) is 1.49. The Balaban J connectivity index is 1.92. The molecule has 110 valence electrons. The van der Waals surface area contributed by atoms with Gasteiger partial charge < -0.3 is 14.9 Å². The summed E-state index contributed by atoms with van der Waals surface area (Å²) in [6.45, 7) is -0.0124. The zero-order chi connectivity index (χ0) is 15.1. The number of carbonyl (C=O) groups is 1. The van der Waals surface area contributed by atoms with Crippen LogP contribution in [0.15, 0.2) is 46.0 Å². The average Bonchev–Trinajstić information content (AvgIpc) is 2.93. The van der Waals surface area contributed by atoms with Crippen LogP contribution in [0.3, 0.4) is 0 Å². The first-order valence-electron chi connectivity index (χ1n) is 6.19. The lowest BCUT2D eigenvalue weighted by atomic mass is 10.3. The zero-order valence-corrected chi connectivity index (χ0v) is 11.0. The van der Waals surface area contributed by atoms with Crippen molar-refractivity contribution in [2.24, 2.45) is 4.99 Å². The van der Waals surface area contributed by atoms with Crippen LogP contribution in [0.1, 0.15) is 12.8 Å². The van der Waals surface area contributed by atoms with E-state index in [9.17, 15) is 9.90 Å². The van der Waals surface area contributed by atoms with Gasteiger partial charge in [-0.15, -0.1) is 0 Å². The molecule has 0 fully saturated rings. The van der Waals surface area contributed by atoms with E-state index in [1.807, 2.05) is 30.3 Å². The minimum atomic E-state index is -0.942. The molecule has 1 aromatic heterocycles. The Labute approximate surface area is 119 Å². The molecule has 0 bridgehead atoms. The van der Waals surface area contributed by atoms with Crippen LogP contribution in [-0.2, 0) is 9.53 Å². The van der Waals surface area contributed by atoms with Crippen molar-refractivity contribution >= 4 is 17.9 Å². The summed E-state index contributed by atoms with van der Waals surface area (Å²) in [4.78, 5) is 13.8. The third-order valence-electron chi connectivity index (χ3n) is 2.44. The molecule has 0 aliphatic heterocycles. The third-order valence-corrected chi connectivity index (χ3v) is 2.44. The maximum atomic E-state index is 11.4. The number of hydrogen-bond donors (Lipinski definition) is 1. The fraction of sp³-hybridized carbons (Fsp3) is 0.231. The summed E-state index contributed by atoms with van der Waals surface area (Å²) >= 11 is 0. The van der Waals surface area contributed by atoms with Gasteiger partial charge in [-0.05, 0) is 17.7 Å². The molecule has 0 saturated carbocycles. The lowest BCUT2D eigenvalue weighted by molar-refractivity contribution is -0.670. The molecule has 0 unspecified atom stereocenters. The number of aliphatic imine (C=N–C) groups is 1. The van der Waals surface area contributed by atoms with Crippen molar-refractivity contribution in [3.8, 4) is 5.69 Å². The largest absolute Gasteiger partial charge is 0.600 e. The molecule has 0 saturated heterocycles. The Morgan fingerprint density at radius 1 is 1.43 bits per heavy atom. The van der Waals surface area contributed by atoms with Gasteiger partial charge in [0, 0.05) is 18.6 Å². The van der Waals surface area contributed by atoms with Gasteiger partial charge in [-0.3, -0.25) is 9.32 Å². The lowest BCUT2D eigenvalue weighted by Gasteiger charge is -2.11. The molecule has 0 aliphatic rings. The van der Waals surface area contributed by atoms with Gasteiger partial charge >= 0.3 is 11.9 Å². The molecule has 8 heteroatoms. The zero-order valence-electron chi connectivity index (χ0n) is 11.0. The molecule has 0 radical (unpaired) electrons. The molecule has 1 N–H and O–H groups in total. The van der Waals surface area contributed by atoms with Gasteiger partial charge in [0.2, 0.25) is 11.0 Å². The van der Waals surface area contributed by atoms with Crippen molar-refractivity contribution in [2.75, 3.05) is 6.61 Å². The number of aliphatic carboxylic acids is 1. The number of rotatable bonds is 6. The predicted octanol–water partition coefficient (Wildman–Crippen LogP) is 0.180. The van der Waals surface area contributed by atoms with Gasteiger partial charge in [-0.1, -0.05) is 18.2 Å². The van der Waals surface area contributed by atoms with Crippen molar-refractivity contribution in [1.82, 2.24) is 5.27 Å². The van der Waals surface area contributed by atoms with Crippen molar-refractivity contribution in [3.63, 3.8) is 0 Å². The molecular weight excluding hydrogens is 278 g/mol. The Kier molecular flexibility index (Phi) is 4.86. The predicted molar refractivity (Wildman–Crippen MR) is 68.0 cm³/mol. The normalized spacial score (nSPS) is 11.3. The minimum Gasteiger partial charge on any atom is -0.600 e. The van der Waals surface area contributed by atoms with E-state index < -0.39 is 12.1 Å². The van der Waals surface area contributed by atoms with Gasteiger partial charge in [0.25, 0.3) is 6.20 Å². The first-order chi connectivity index (χ1) is 10.1. The quantitative estimate of drug-likeness (QED) is 0.351. The van der Waals surface area contributed by atoms with E-state index in [1.54, 1.807) is 0 Å². The summed E-state index contributed by atoms with van der Waals surface area (Å²) in [6, 6.07) is 9.17. The number of hydrogen-bond acceptors (Lipinski definition) is 6. The topological polar surface area (TPSA) is 112 Å². The highest BCUT2D eigenvalue weighted by molar-refractivity contribution is 5.67. The number of nitrogens with zero attached hydrogens (tertiary/aromatic N) is 3. The maximum Gasteiger partial charge on any atom is 0.323 e. The van der Waals surface area contributed by atoms with E-state index in [2.05, 4.69) is 10.3 Å². The monoisotopic (exact) mass is 291 g/mol. The number of ether oxygens (including phenoxy) is 1. The Morgan fingerprint density at radius 2 is 2.19 bits per heavy atom. The second-order valence-electron chi connectivity index (χ2n) is 4.04. The first-order valence-corrected chi connectivity index (χ1v) is 6.19. The van der Waals surface area contributed by atoms with Gasteiger partial charge in [-0.2, -0.15) is 4.99 Å². The fourth-order valence-corrected chi connectivity index (χ4v) is 1.49. The van der Waals surface area contributed by atoms with Crippen LogP contribution < -0.4 is 9.79 Å². The molecule has 2 rings (SSSR count). The number of carboxylic acid groups (broad SMARTS) is 1. The highest BCUT2D eigenvalue weighted by Gasteiger charge is 2.13. The SMILES string of the molecule is O=C(O)CCCO/C([O-])=N/c1c[n+](-c2ccccc2)no1. The first kappa shape index (κ1) is 14.5. The molecule has 8 nitrogen and oxygen atoms in total. The van der Waals surface area contributed by atoms with E-state index in [-0.39, 0.29) is 25.3 Å². The van der Waals surface area contributed by atoms with Crippen molar-refractivity contribution in [1.29, 1.82) is 0 Å². The smallest absolute Gasteiger partial charge is 0.323 e. The number of benzene rings is 1. The van der Waals surface area contributed by atoms with Crippen molar-refractivity contribution in [3.05, 3.63) is 36.5 Å². The minimum absolute atomic E-state index is 0.00193. The number of para-hydroxylation sites is 1. The summed E-state index contributed by atoms with van der Waals surface area (Å²) in [5.74, 6) is -0.941. The second kappa shape index (κ2) is 7.04. The van der Waals surface area contributed by atoms with Crippen LogP contribution in [-0.4, -0.2) is 29.0 Å². The molecule has 0 spiro atoms. The van der Waals surface area contributed by atoms with Crippen LogP contribution in [0.2, 0.25) is 0 Å². The highest BCUT2D eigenvalue weighted by atomic mass is 16.6. The molecule has 0 amide bonds. The number of carboxylic acids is 1. The average molecular weight is 291 g/mol. The maximum absolute atomic E-state index is 11.4. The van der Waals surface area contributed by atoms with Crippen molar-refractivity contribution in [2.45, 2.75) is 12.8 Å². The standard InChI is InChI=1S/C13H13N3O5/c17-12(18)7-4-8-20-13(19)14-11-9-16(15-21-11)10-5-2-1-3-6-10/h1-3,5-6,9H,4,7-8H2,(H-,14,15,17,18,19). The van der Waals surface area contributed by atoms with E-state index in [0.29, 0.717) is 0 Å². The summed E-state index contributed by atoms with van der Waals surface area (Å²) < 4.78 is 11.1. The highest BCUT2D eigenvalue weighted by Crippen LogP contribution is 2.08. The summed E-state index contributed by atoms with van der Waals surface area (Å²) in [7, 11) is 0. The summed E-state index contributed by atoms with van der Waals surface area (Å²) in [5, 5.41) is 23.5. The van der Waals surface area contributed by atoms with Gasteiger partial charge in [0.1, 0.15) is 0 Å². The van der Waals surface area contributed by atoms with E-state index in [0.717, 1.165) is 5.69 Å². The Morgan fingerprint density at radius 3 is 2.90 bits per heavy atom. The second-order valence-corrected chi connectivity index (χ2v) is 4.04. The molecule has 21 heavy (non-hydrogen) atoms. The lowest BCUT2D eigenvalue weighted by Crippen LogP contribution is -2.30. The van der Waals surface area contributed by atoms with E-state index >= 15 is 0 Å². The van der Waals surface area contributed by atoms with E-state index in [1.165, 1.54) is 10.9 Å². The van der Waals surface area contributed by atoms with Crippen LogP contribution >= 0.6 is 0 Å². The van der Waals surface area contributed by atoms with Gasteiger partial charge in [0.05, 0.1) is 0 Å². The molecule has 0 atom stereocenters. The van der Waals surface area contributed by atoms with Gasteiger partial charge in [0.15, 0.2) is 6.08 Å². The van der Waals surface area contributed by atoms with E-state index in [4.69, 9.17) is 14.4 Å². The van der Waals surface area contributed by atoms with Crippen LogP contribution in [0.5, 0.6) is 0 Å². The van der Waals surface area contributed by atoms with Crippen LogP contribution in [0, 0.1) is 0 Å². The number of aromatic nitrogens is 2. The van der Waals surface area contributed by atoms with Crippen LogP contribution in [0.4, 0.5) is 5.88 Å². The molecule has 1 heterocycles. The third kappa shape index (κ3) is 4.60. The van der Waals surface area contributed by atoms with Gasteiger partial charge in [-0.25, -0.2) is 0 Å². The molecule has 2 aromatic rings. The Bertz CT molecular complexity index is 624. The Hall–Kier alpha value is -2.90. The molecular formula is C13H13N3O5. The van der Waals surface area contributed by atoms with Crippen molar-refractivity contribution < 1.29 is 28.9 Å². The molecule has 1 aromatic carbocycles. The van der Waals surface area contributed by atoms with Crippen LogP contribution in [0.25, 0.3) is 5.69 Å².